The van der Waals surface area contributed by atoms with Gasteiger partial charge in [0.1, 0.15) is 5.76 Å². The van der Waals surface area contributed by atoms with Crippen LogP contribution in [0.3, 0.4) is 0 Å². The van der Waals surface area contributed by atoms with Crippen molar-refractivity contribution in [1.82, 2.24) is 9.55 Å². The molecule has 0 radical (unpaired) electrons. The zero-order valence-electron chi connectivity index (χ0n) is 14.2. The summed E-state index contributed by atoms with van der Waals surface area (Å²) in [6.07, 6.45) is 9.66. The minimum atomic E-state index is 0.696. The third-order valence-electron chi connectivity index (χ3n) is 3.86. The van der Waals surface area contributed by atoms with Crippen molar-refractivity contribution in [3.8, 4) is 5.69 Å². The van der Waals surface area contributed by atoms with E-state index in [1.54, 1.807) is 12.5 Å². The molecule has 3 nitrogen and oxygen atoms in total. The summed E-state index contributed by atoms with van der Waals surface area (Å²) >= 11 is 6.14. The van der Waals surface area contributed by atoms with Crippen LogP contribution in [0, 0.1) is 0 Å². The van der Waals surface area contributed by atoms with Crippen molar-refractivity contribution < 1.29 is 4.74 Å². The number of benzene rings is 2. The topological polar surface area (TPSA) is 27.1 Å². The van der Waals surface area contributed by atoms with Gasteiger partial charge in [-0.25, -0.2) is 4.98 Å². The lowest BCUT2D eigenvalue weighted by Crippen LogP contribution is -1.95. The fraction of sp³-hybridized carbons (Fsp3) is 0.190. The highest BCUT2D eigenvalue weighted by Crippen LogP contribution is 2.23. The fourth-order valence-corrected chi connectivity index (χ4v) is 2.67. The maximum Gasteiger partial charge on any atom is 0.127 e. The molecule has 3 rings (SSSR count). The Morgan fingerprint density at radius 3 is 2.72 bits per heavy atom. The van der Waals surface area contributed by atoms with Crippen LogP contribution in [0.5, 0.6) is 0 Å². The molecule has 0 unspecified atom stereocenters. The van der Waals surface area contributed by atoms with Crippen molar-refractivity contribution in [3.05, 3.63) is 83.4 Å². The van der Waals surface area contributed by atoms with Crippen molar-refractivity contribution in [1.29, 1.82) is 0 Å². The van der Waals surface area contributed by atoms with Crippen molar-refractivity contribution in [2.45, 2.75) is 19.8 Å². The van der Waals surface area contributed by atoms with E-state index in [0.29, 0.717) is 11.6 Å². The molecule has 0 amide bonds. The summed E-state index contributed by atoms with van der Waals surface area (Å²) in [4.78, 5) is 4.08. The van der Waals surface area contributed by atoms with Crippen molar-refractivity contribution in [2.75, 3.05) is 6.61 Å². The van der Waals surface area contributed by atoms with Gasteiger partial charge in [0.25, 0.3) is 0 Å². The minimum absolute atomic E-state index is 0.696. The Hall–Kier alpha value is -2.52. The van der Waals surface area contributed by atoms with Gasteiger partial charge >= 0.3 is 0 Å². The van der Waals surface area contributed by atoms with Crippen LogP contribution < -0.4 is 0 Å². The highest BCUT2D eigenvalue weighted by Gasteiger charge is 2.05. The number of hydrogen-bond acceptors (Lipinski definition) is 2. The lowest BCUT2D eigenvalue weighted by Gasteiger charge is -2.11. The highest BCUT2D eigenvalue weighted by molar-refractivity contribution is 6.30. The van der Waals surface area contributed by atoms with Gasteiger partial charge in [0.2, 0.25) is 0 Å². The van der Waals surface area contributed by atoms with Gasteiger partial charge in [-0.3, -0.25) is 0 Å². The van der Waals surface area contributed by atoms with Crippen LogP contribution in [-0.2, 0) is 4.74 Å². The lowest BCUT2D eigenvalue weighted by atomic mass is 10.1. The van der Waals surface area contributed by atoms with E-state index in [9.17, 15) is 0 Å². The quantitative estimate of drug-likeness (QED) is 0.303. The van der Waals surface area contributed by atoms with Crippen LogP contribution in [0.15, 0.2) is 67.3 Å². The second kappa shape index (κ2) is 8.54. The number of aromatic nitrogens is 2. The van der Waals surface area contributed by atoms with E-state index in [1.165, 1.54) is 0 Å². The summed E-state index contributed by atoms with van der Waals surface area (Å²) in [5.74, 6) is 0.839. The third kappa shape index (κ3) is 4.74. The second-order valence-electron chi connectivity index (χ2n) is 5.78. The van der Waals surface area contributed by atoms with E-state index >= 15 is 0 Å². The number of unbranched alkanes of at least 4 members (excludes halogenated alkanes) is 1. The minimum Gasteiger partial charge on any atom is -0.493 e. The van der Waals surface area contributed by atoms with E-state index in [1.807, 2.05) is 35.0 Å². The van der Waals surface area contributed by atoms with Crippen LogP contribution in [0.2, 0.25) is 5.02 Å². The highest BCUT2D eigenvalue weighted by atomic mass is 35.5. The smallest absolute Gasteiger partial charge is 0.127 e. The number of rotatable bonds is 7. The number of ether oxygens (including phenoxy) is 1. The summed E-state index contributed by atoms with van der Waals surface area (Å²) in [6.45, 7) is 2.85. The zero-order chi connectivity index (χ0) is 17.5. The summed E-state index contributed by atoms with van der Waals surface area (Å²) in [6, 6.07) is 16.0. The van der Waals surface area contributed by atoms with Gasteiger partial charge in [-0.05, 0) is 42.3 Å². The number of hydrogen-bond donors (Lipinski definition) is 0. The Balaban J connectivity index is 1.86. The van der Waals surface area contributed by atoms with E-state index in [2.05, 4.69) is 42.2 Å². The van der Waals surface area contributed by atoms with Crippen LogP contribution in [0.4, 0.5) is 0 Å². The summed E-state index contributed by atoms with van der Waals surface area (Å²) in [7, 11) is 0. The van der Waals surface area contributed by atoms with Crippen LogP contribution in [-0.4, -0.2) is 16.2 Å². The van der Waals surface area contributed by atoms with E-state index in [-0.39, 0.29) is 0 Å². The van der Waals surface area contributed by atoms with Gasteiger partial charge in [-0.1, -0.05) is 49.2 Å². The molecule has 0 bridgehead atoms. The van der Waals surface area contributed by atoms with Crippen molar-refractivity contribution in [3.63, 3.8) is 0 Å². The molecule has 0 aliphatic heterocycles. The van der Waals surface area contributed by atoms with Gasteiger partial charge < -0.3 is 9.30 Å². The first kappa shape index (κ1) is 17.3. The second-order valence-corrected chi connectivity index (χ2v) is 6.22. The molecule has 3 aromatic rings. The first-order chi connectivity index (χ1) is 12.3. The van der Waals surface area contributed by atoms with E-state index < -0.39 is 0 Å². The molecule has 25 heavy (non-hydrogen) atoms. The molecule has 4 heteroatoms. The molecule has 2 aromatic carbocycles. The Labute approximate surface area is 153 Å². The molecular formula is C21H21ClN2O. The van der Waals surface area contributed by atoms with Crippen LogP contribution >= 0.6 is 11.6 Å². The van der Waals surface area contributed by atoms with Gasteiger partial charge in [0.05, 0.1) is 12.9 Å². The zero-order valence-corrected chi connectivity index (χ0v) is 15.0. The predicted molar refractivity (Wildman–Crippen MR) is 104 cm³/mol. The van der Waals surface area contributed by atoms with Crippen LogP contribution in [0.1, 0.15) is 30.9 Å². The molecule has 128 valence electrons. The molecule has 0 spiro atoms. The summed E-state index contributed by atoms with van der Waals surface area (Å²) < 4.78 is 7.99. The van der Waals surface area contributed by atoms with Gasteiger partial charge in [-0.15, -0.1) is 0 Å². The Kier molecular flexibility index (Phi) is 5.91. The van der Waals surface area contributed by atoms with Gasteiger partial charge in [0, 0.05) is 28.7 Å². The average molecular weight is 353 g/mol. The Morgan fingerprint density at radius 1 is 1.20 bits per heavy atom. The Morgan fingerprint density at radius 2 is 2.04 bits per heavy atom. The van der Waals surface area contributed by atoms with Crippen molar-refractivity contribution in [2.24, 2.45) is 0 Å². The number of halogens is 1. The maximum atomic E-state index is 6.14. The lowest BCUT2D eigenvalue weighted by molar-refractivity contribution is 0.272. The maximum absolute atomic E-state index is 6.14. The first-order valence-electron chi connectivity index (χ1n) is 8.45. The molecular weight excluding hydrogens is 332 g/mol. The van der Waals surface area contributed by atoms with Gasteiger partial charge in [0.15, 0.2) is 0 Å². The number of imidazole rings is 1. The van der Waals surface area contributed by atoms with Crippen LogP contribution in [0.25, 0.3) is 17.5 Å². The Bertz CT molecular complexity index is 823. The van der Waals surface area contributed by atoms with Gasteiger partial charge in [-0.2, -0.15) is 0 Å². The molecule has 0 saturated carbocycles. The largest absolute Gasteiger partial charge is 0.493 e. The third-order valence-corrected chi connectivity index (χ3v) is 4.09. The van der Waals surface area contributed by atoms with Crippen molar-refractivity contribution >= 4 is 23.4 Å². The standard InChI is InChI=1S/C21H21ClN2O/c1-2-3-13-25-21(18-5-4-6-19(22)15-18)14-17-7-9-20(10-8-17)24-12-11-23-16-24/h4-12,14-16H,2-3,13H2,1H3. The number of nitrogens with zero attached hydrogens (tertiary/aromatic N) is 2. The molecule has 1 aromatic heterocycles. The van der Waals surface area contributed by atoms with E-state index in [4.69, 9.17) is 16.3 Å². The molecule has 1 heterocycles. The SMILES string of the molecule is CCCCOC(=Cc1ccc(-n2ccnc2)cc1)c1cccc(Cl)c1. The average Bonchev–Trinajstić information content (AvgIpc) is 3.16. The normalized spacial score (nSPS) is 11.5. The molecule has 0 N–H and O–H groups in total. The first-order valence-corrected chi connectivity index (χ1v) is 8.83. The summed E-state index contributed by atoms with van der Waals surface area (Å²) in [5.41, 5.74) is 3.14. The molecule has 0 atom stereocenters. The predicted octanol–water partition coefficient (Wildman–Crippen LogP) is 5.84. The fourth-order valence-electron chi connectivity index (χ4n) is 2.48. The molecule has 0 aliphatic rings. The molecule has 0 aliphatic carbocycles. The molecule has 0 saturated heterocycles. The summed E-state index contributed by atoms with van der Waals surface area (Å²) in [5, 5.41) is 0.706. The molecule has 0 fully saturated rings. The van der Waals surface area contributed by atoms with E-state index in [0.717, 1.165) is 35.4 Å². The monoisotopic (exact) mass is 352 g/mol.